The minimum Gasteiger partial charge on any atom is -0.490 e. The normalized spacial score (nSPS) is 11.3. The summed E-state index contributed by atoms with van der Waals surface area (Å²) >= 11 is 6.97. The van der Waals surface area contributed by atoms with Crippen molar-refractivity contribution in [2.75, 3.05) is 6.61 Å². The van der Waals surface area contributed by atoms with Crippen LogP contribution in [0.1, 0.15) is 18.1 Å². The standard InChI is InChI=1S/C24H18Br2FN3O4/c1-2-33-19-11-15(12-28-30-23(31)16-8-4-6-10-18(16)29-24(30)32)20(25)21(26)22(19)34-13-14-7-3-5-9-17(14)27/h3-12H,2,13H2,1H3,(H,29,32). The van der Waals surface area contributed by atoms with E-state index in [-0.39, 0.29) is 12.4 Å². The number of rotatable bonds is 7. The van der Waals surface area contributed by atoms with Gasteiger partial charge in [-0.3, -0.25) is 4.79 Å². The van der Waals surface area contributed by atoms with Crippen LogP contribution in [0.3, 0.4) is 0 Å². The Hall–Kier alpha value is -3.24. The summed E-state index contributed by atoms with van der Waals surface area (Å²) < 4.78 is 27.4. The largest absolute Gasteiger partial charge is 0.490 e. The molecule has 174 valence electrons. The van der Waals surface area contributed by atoms with Crippen LogP contribution < -0.4 is 20.7 Å². The van der Waals surface area contributed by atoms with Crippen molar-refractivity contribution in [3.8, 4) is 11.5 Å². The quantitative estimate of drug-likeness (QED) is 0.299. The minimum absolute atomic E-state index is 0.00686. The Kier molecular flexibility index (Phi) is 7.28. The molecule has 0 saturated carbocycles. The van der Waals surface area contributed by atoms with Crippen molar-refractivity contribution in [3.63, 3.8) is 0 Å². The van der Waals surface area contributed by atoms with E-state index in [9.17, 15) is 14.0 Å². The van der Waals surface area contributed by atoms with Gasteiger partial charge in [0, 0.05) is 15.6 Å². The average molecular weight is 591 g/mol. The number of fused-ring (bicyclic) bond motifs is 1. The number of aromatic nitrogens is 2. The lowest BCUT2D eigenvalue weighted by molar-refractivity contribution is 0.264. The van der Waals surface area contributed by atoms with Crippen molar-refractivity contribution in [1.82, 2.24) is 9.66 Å². The topological polar surface area (TPSA) is 85.7 Å². The highest BCUT2D eigenvalue weighted by atomic mass is 79.9. The van der Waals surface area contributed by atoms with Crippen LogP contribution >= 0.6 is 31.9 Å². The van der Waals surface area contributed by atoms with E-state index in [4.69, 9.17) is 9.47 Å². The molecule has 4 aromatic rings. The first-order valence-electron chi connectivity index (χ1n) is 10.2. The molecule has 1 heterocycles. The summed E-state index contributed by atoms with van der Waals surface area (Å²) in [5.74, 6) is 0.385. The van der Waals surface area contributed by atoms with Gasteiger partial charge in [-0.2, -0.15) is 5.10 Å². The summed E-state index contributed by atoms with van der Waals surface area (Å²) in [5.41, 5.74) is 0.148. The lowest BCUT2D eigenvalue weighted by Crippen LogP contribution is -2.32. The first-order valence-corrected chi connectivity index (χ1v) is 11.8. The molecule has 4 rings (SSSR count). The molecule has 0 aliphatic rings. The van der Waals surface area contributed by atoms with E-state index in [0.29, 0.717) is 49.1 Å². The molecule has 0 saturated heterocycles. The number of benzene rings is 3. The number of nitrogens with zero attached hydrogens (tertiary/aromatic N) is 2. The van der Waals surface area contributed by atoms with Crippen molar-refractivity contribution < 1.29 is 13.9 Å². The summed E-state index contributed by atoms with van der Waals surface area (Å²) in [4.78, 5) is 27.8. The first-order chi connectivity index (χ1) is 16.4. The molecule has 0 unspecified atom stereocenters. The van der Waals surface area contributed by atoms with E-state index in [2.05, 4.69) is 41.9 Å². The third-order valence-electron chi connectivity index (χ3n) is 4.88. The molecule has 0 amide bonds. The third-order valence-corrected chi connectivity index (χ3v) is 7.02. The summed E-state index contributed by atoms with van der Waals surface area (Å²) in [6.45, 7) is 2.16. The van der Waals surface area contributed by atoms with Crippen LogP contribution in [-0.4, -0.2) is 22.5 Å². The van der Waals surface area contributed by atoms with Gasteiger partial charge in [0.25, 0.3) is 5.56 Å². The molecule has 0 bridgehead atoms. The highest BCUT2D eigenvalue weighted by molar-refractivity contribution is 9.13. The van der Waals surface area contributed by atoms with E-state index in [1.807, 2.05) is 6.92 Å². The molecule has 1 aromatic heterocycles. The molecule has 0 radical (unpaired) electrons. The molecule has 0 fully saturated rings. The number of halogens is 3. The Bertz CT molecular complexity index is 1510. The van der Waals surface area contributed by atoms with E-state index in [0.717, 1.165) is 4.68 Å². The van der Waals surface area contributed by atoms with E-state index in [1.54, 1.807) is 48.5 Å². The zero-order valence-electron chi connectivity index (χ0n) is 17.8. The van der Waals surface area contributed by atoms with Crippen LogP contribution in [0.15, 0.2) is 78.2 Å². The fourth-order valence-corrected chi connectivity index (χ4v) is 4.17. The SMILES string of the molecule is CCOc1cc(C=Nn2c(=O)[nH]c3ccccc3c2=O)c(Br)c(Br)c1OCc1ccccc1F. The molecular formula is C24H18Br2FN3O4. The summed E-state index contributed by atoms with van der Waals surface area (Å²) in [5, 5.41) is 4.44. The Morgan fingerprint density at radius 1 is 1.06 bits per heavy atom. The van der Waals surface area contributed by atoms with Gasteiger partial charge < -0.3 is 14.5 Å². The summed E-state index contributed by atoms with van der Waals surface area (Å²) in [6, 6.07) is 14.7. The van der Waals surface area contributed by atoms with Crippen molar-refractivity contribution in [3.05, 3.63) is 101 Å². The number of aromatic amines is 1. The molecule has 0 aliphatic carbocycles. The maximum atomic E-state index is 14.0. The fourth-order valence-electron chi connectivity index (χ4n) is 3.24. The monoisotopic (exact) mass is 589 g/mol. The predicted molar refractivity (Wildman–Crippen MR) is 136 cm³/mol. The van der Waals surface area contributed by atoms with E-state index < -0.39 is 11.2 Å². The van der Waals surface area contributed by atoms with Gasteiger partial charge in [-0.05, 0) is 63.0 Å². The second kappa shape index (κ2) is 10.4. The number of hydrogen-bond acceptors (Lipinski definition) is 5. The lowest BCUT2D eigenvalue weighted by atomic mass is 10.2. The van der Waals surface area contributed by atoms with Crippen LogP contribution in [0.4, 0.5) is 4.39 Å². The molecular weight excluding hydrogens is 573 g/mol. The first kappa shape index (κ1) is 23.9. The maximum Gasteiger partial charge on any atom is 0.349 e. The zero-order valence-corrected chi connectivity index (χ0v) is 21.0. The van der Waals surface area contributed by atoms with Crippen LogP contribution in [-0.2, 0) is 6.61 Å². The van der Waals surface area contributed by atoms with Gasteiger partial charge in [-0.1, -0.05) is 30.3 Å². The van der Waals surface area contributed by atoms with Crippen molar-refractivity contribution >= 4 is 49.0 Å². The van der Waals surface area contributed by atoms with Gasteiger partial charge in [0.15, 0.2) is 11.5 Å². The van der Waals surface area contributed by atoms with Crippen LogP contribution in [0.25, 0.3) is 10.9 Å². The van der Waals surface area contributed by atoms with Gasteiger partial charge in [-0.25, -0.2) is 9.18 Å². The highest BCUT2D eigenvalue weighted by Crippen LogP contribution is 2.43. The van der Waals surface area contributed by atoms with Crippen molar-refractivity contribution in [2.24, 2.45) is 5.10 Å². The maximum absolute atomic E-state index is 14.0. The number of para-hydroxylation sites is 1. The molecule has 0 atom stereocenters. The highest BCUT2D eigenvalue weighted by Gasteiger charge is 2.18. The summed E-state index contributed by atoms with van der Waals surface area (Å²) in [7, 11) is 0. The molecule has 3 aromatic carbocycles. The van der Waals surface area contributed by atoms with Crippen LogP contribution in [0.2, 0.25) is 0 Å². The Morgan fingerprint density at radius 3 is 2.56 bits per heavy atom. The molecule has 0 aliphatic heterocycles. The van der Waals surface area contributed by atoms with Crippen LogP contribution in [0.5, 0.6) is 11.5 Å². The zero-order chi connectivity index (χ0) is 24.2. The second-order valence-corrected chi connectivity index (χ2v) is 8.66. The number of ether oxygens (including phenoxy) is 2. The Balaban J connectivity index is 1.72. The molecule has 10 heteroatoms. The molecule has 0 spiro atoms. The predicted octanol–water partition coefficient (Wildman–Crippen LogP) is 5.21. The Morgan fingerprint density at radius 2 is 1.79 bits per heavy atom. The average Bonchev–Trinajstić information content (AvgIpc) is 2.83. The van der Waals surface area contributed by atoms with Crippen molar-refractivity contribution in [2.45, 2.75) is 13.5 Å². The Labute approximate surface area is 210 Å². The smallest absolute Gasteiger partial charge is 0.349 e. The van der Waals surface area contributed by atoms with Gasteiger partial charge in [0.1, 0.15) is 12.4 Å². The minimum atomic E-state index is -0.662. The number of hydrogen-bond donors (Lipinski definition) is 1. The van der Waals surface area contributed by atoms with Gasteiger partial charge in [0.05, 0.1) is 28.2 Å². The number of nitrogens with one attached hydrogen (secondary N) is 1. The van der Waals surface area contributed by atoms with Crippen LogP contribution in [0, 0.1) is 5.82 Å². The summed E-state index contributed by atoms with van der Waals surface area (Å²) in [6.07, 6.45) is 1.36. The molecule has 34 heavy (non-hydrogen) atoms. The van der Waals surface area contributed by atoms with Gasteiger partial charge in [0.2, 0.25) is 0 Å². The molecule has 7 nitrogen and oxygen atoms in total. The van der Waals surface area contributed by atoms with Crippen molar-refractivity contribution in [1.29, 1.82) is 0 Å². The number of H-pyrrole nitrogens is 1. The van der Waals surface area contributed by atoms with E-state index in [1.165, 1.54) is 12.3 Å². The third kappa shape index (κ3) is 4.83. The van der Waals surface area contributed by atoms with Gasteiger partial charge in [-0.15, -0.1) is 4.68 Å². The lowest BCUT2D eigenvalue weighted by Gasteiger charge is -2.16. The fraction of sp³-hybridized carbons (Fsp3) is 0.125. The molecule has 1 N–H and O–H groups in total. The van der Waals surface area contributed by atoms with Gasteiger partial charge >= 0.3 is 5.69 Å². The second-order valence-electron chi connectivity index (χ2n) is 7.07. The van der Waals surface area contributed by atoms with E-state index >= 15 is 0 Å².